The summed E-state index contributed by atoms with van der Waals surface area (Å²) in [6.45, 7) is 10.6. The van der Waals surface area contributed by atoms with Gasteiger partial charge in [-0.15, -0.1) is 0 Å². The van der Waals surface area contributed by atoms with E-state index in [-0.39, 0.29) is 23.1 Å². The van der Waals surface area contributed by atoms with Crippen LogP contribution in [0.3, 0.4) is 0 Å². The Bertz CT molecular complexity index is 684. The molecule has 3 rings (SSSR count). The molecule has 0 radical (unpaired) electrons. The molecule has 2 aliphatic rings. The van der Waals surface area contributed by atoms with Crippen LogP contribution in [0.15, 0.2) is 6.07 Å². The number of carbonyl (C=O) groups excluding carboxylic acids is 1. The maximum atomic E-state index is 12.3. The monoisotopic (exact) mass is 358 g/mol. The lowest BCUT2D eigenvalue weighted by Gasteiger charge is -2.38. The smallest absolute Gasteiger partial charge is 0.163 e. The minimum Gasteiger partial charge on any atom is -0.507 e. The van der Waals surface area contributed by atoms with Gasteiger partial charge in [0.15, 0.2) is 5.78 Å². The van der Waals surface area contributed by atoms with Gasteiger partial charge in [0.2, 0.25) is 0 Å². The van der Waals surface area contributed by atoms with Crippen LogP contribution in [0.5, 0.6) is 11.5 Å². The maximum absolute atomic E-state index is 12.3. The zero-order valence-electron chi connectivity index (χ0n) is 17.0. The van der Waals surface area contributed by atoms with Crippen LogP contribution in [0.25, 0.3) is 0 Å². The molecule has 144 valence electrons. The van der Waals surface area contributed by atoms with E-state index in [2.05, 4.69) is 27.7 Å². The lowest BCUT2D eigenvalue weighted by Crippen LogP contribution is -2.36. The molecule has 0 saturated heterocycles. The van der Waals surface area contributed by atoms with Crippen molar-refractivity contribution in [3.05, 3.63) is 22.8 Å². The number of ether oxygens (including phenoxy) is 1. The molecule has 1 heterocycles. The second kappa shape index (κ2) is 7.25. The number of aryl methyl sites for hydroxylation is 1. The molecule has 1 aliphatic heterocycles. The number of unbranched alkanes of at least 4 members (excludes halogenated alkanes) is 2. The Morgan fingerprint density at radius 3 is 2.62 bits per heavy atom. The first kappa shape index (κ1) is 19.3. The fourth-order valence-corrected chi connectivity index (χ4v) is 5.12. The highest BCUT2D eigenvalue weighted by molar-refractivity contribution is 5.99. The van der Waals surface area contributed by atoms with Crippen molar-refractivity contribution in [2.75, 3.05) is 0 Å². The first-order valence-corrected chi connectivity index (χ1v) is 10.3. The second-order valence-corrected chi connectivity index (χ2v) is 9.32. The van der Waals surface area contributed by atoms with E-state index in [1.54, 1.807) is 6.92 Å². The predicted molar refractivity (Wildman–Crippen MR) is 105 cm³/mol. The van der Waals surface area contributed by atoms with E-state index >= 15 is 0 Å². The van der Waals surface area contributed by atoms with E-state index in [1.165, 1.54) is 6.42 Å². The van der Waals surface area contributed by atoms with Crippen LogP contribution < -0.4 is 4.74 Å². The highest BCUT2D eigenvalue weighted by atomic mass is 16.5. The molecule has 26 heavy (non-hydrogen) atoms. The molecule has 3 atom stereocenters. The number of phenols is 1. The Balaban J connectivity index is 1.96. The summed E-state index contributed by atoms with van der Waals surface area (Å²) in [6, 6.07) is 2.04. The Morgan fingerprint density at radius 1 is 1.27 bits per heavy atom. The van der Waals surface area contributed by atoms with Crippen molar-refractivity contribution in [2.24, 2.45) is 17.3 Å². The van der Waals surface area contributed by atoms with Gasteiger partial charge >= 0.3 is 0 Å². The van der Waals surface area contributed by atoms with Crippen molar-refractivity contribution in [1.82, 2.24) is 0 Å². The number of hydrogen-bond donors (Lipinski definition) is 1. The zero-order valence-corrected chi connectivity index (χ0v) is 17.0. The van der Waals surface area contributed by atoms with E-state index in [0.29, 0.717) is 17.4 Å². The van der Waals surface area contributed by atoms with Crippen LogP contribution in [0.1, 0.15) is 88.2 Å². The molecule has 1 aromatic rings. The minimum atomic E-state index is -0.0438. The number of phenolic OH excluding ortho intramolecular Hbond substituents is 1. The second-order valence-electron chi connectivity index (χ2n) is 9.32. The SMILES string of the molecule is CCCCCc1cc2c(c(O)c1C(C)=O)CC1[C@H](C(C)(C)C)CC[C@H]1O2. The van der Waals surface area contributed by atoms with E-state index in [0.717, 1.165) is 55.4 Å². The summed E-state index contributed by atoms with van der Waals surface area (Å²) in [7, 11) is 0. The van der Waals surface area contributed by atoms with E-state index in [4.69, 9.17) is 4.74 Å². The number of hydrogen-bond acceptors (Lipinski definition) is 3. The summed E-state index contributed by atoms with van der Waals surface area (Å²) in [4.78, 5) is 12.3. The molecule has 3 nitrogen and oxygen atoms in total. The molecule has 1 aliphatic carbocycles. The normalized spacial score (nSPS) is 24.7. The van der Waals surface area contributed by atoms with Gasteiger partial charge in [-0.3, -0.25) is 4.79 Å². The van der Waals surface area contributed by atoms with Crippen LogP contribution in [0, 0.1) is 17.3 Å². The van der Waals surface area contributed by atoms with E-state index in [1.807, 2.05) is 6.07 Å². The number of Topliss-reactive ketones (excluding diaryl/α,β-unsaturated/α-hetero) is 1. The van der Waals surface area contributed by atoms with Crippen molar-refractivity contribution >= 4 is 5.78 Å². The van der Waals surface area contributed by atoms with Gasteiger partial charge in [0, 0.05) is 11.5 Å². The highest BCUT2D eigenvalue weighted by Gasteiger charge is 2.46. The van der Waals surface area contributed by atoms with Crippen LogP contribution in [-0.4, -0.2) is 17.0 Å². The largest absolute Gasteiger partial charge is 0.507 e. The topological polar surface area (TPSA) is 46.5 Å². The number of fused-ring (bicyclic) bond motifs is 2. The molecule has 1 saturated carbocycles. The Kier molecular flexibility index (Phi) is 5.37. The van der Waals surface area contributed by atoms with Crippen molar-refractivity contribution < 1.29 is 14.6 Å². The Labute approximate surface area is 158 Å². The van der Waals surface area contributed by atoms with Crippen LogP contribution in [0.4, 0.5) is 0 Å². The van der Waals surface area contributed by atoms with Gasteiger partial charge in [-0.1, -0.05) is 40.5 Å². The molecule has 0 amide bonds. The van der Waals surface area contributed by atoms with Crippen molar-refractivity contribution in [1.29, 1.82) is 0 Å². The summed E-state index contributed by atoms with van der Waals surface area (Å²) in [5.41, 5.74) is 2.56. The molecule has 1 unspecified atom stereocenters. The molecule has 3 heteroatoms. The molecule has 1 aromatic carbocycles. The van der Waals surface area contributed by atoms with Crippen LogP contribution >= 0.6 is 0 Å². The van der Waals surface area contributed by atoms with E-state index < -0.39 is 0 Å². The average molecular weight is 359 g/mol. The first-order valence-electron chi connectivity index (χ1n) is 10.3. The summed E-state index contributed by atoms with van der Waals surface area (Å²) in [6.07, 6.45) is 7.47. The number of benzene rings is 1. The number of ketones is 1. The first-order chi connectivity index (χ1) is 12.2. The lowest BCUT2D eigenvalue weighted by atomic mass is 9.72. The van der Waals surface area contributed by atoms with Gasteiger partial charge in [0.05, 0.1) is 5.56 Å². The third kappa shape index (κ3) is 3.50. The molecule has 0 bridgehead atoms. The quantitative estimate of drug-likeness (QED) is 0.542. The zero-order chi connectivity index (χ0) is 19.1. The van der Waals surface area contributed by atoms with Crippen LogP contribution in [0.2, 0.25) is 0 Å². The van der Waals surface area contributed by atoms with Crippen molar-refractivity contribution in [2.45, 2.75) is 85.7 Å². The summed E-state index contributed by atoms with van der Waals surface area (Å²) >= 11 is 0. The maximum Gasteiger partial charge on any atom is 0.163 e. The number of carbonyl (C=O) groups is 1. The third-order valence-corrected chi connectivity index (χ3v) is 6.44. The molecule has 0 spiro atoms. The van der Waals surface area contributed by atoms with Gasteiger partial charge in [0.25, 0.3) is 0 Å². The molecule has 1 fully saturated rings. The fourth-order valence-electron chi connectivity index (χ4n) is 5.12. The molecular weight excluding hydrogens is 324 g/mol. The summed E-state index contributed by atoms with van der Waals surface area (Å²) < 4.78 is 6.37. The Hall–Kier alpha value is -1.51. The average Bonchev–Trinajstić information content (AvgIpc) is 2.96. The van der Waals surface area contributed by atoms with Gasteiger partial charge in [-0.05, 0) is 62.0 Å². The van der Waals surface area contributed by atoms with Gasteiger partial charge < -0.3 is 9.84 Å². The van der Waals surface area contributed by atoms with Crippen LogP contribution in [-0.2, 0) is 12.8 Å². The van der Waals surface area contributed by atoms with Gasteiger partial charge in [-0.2, -0.15) is 0 Å². The van der Waals surface area contributed by atoms with Gasteiger partial charge in [-0.25, -0.2) is 0 Å². The number of aromatic hydroxyl groups is 1. The summed E-state index contributed by atoms with van der Waals surface area (Å²) in [5.74, 6) is 1.97. The van der Waals surface area contributed by atoms with E-state index in [9.17, 15) is 9.90 Å². The third-order valence-electron chi connectivity index (χ3n) is 6.44. The highest BCUT2D eigenvalue weighted by Crippen LogP contribution is 2.51. The summed E-state index contributed by atoms with van der Waals surface area (Å²) in [5, 5.41) is 11.0. The van der Waals surface area contributed by atoms with Gasteiger partial charge in [0.1, 0.15) is 17.6 Å². The lowest BCUT2D eigenvalue weighted by molar-refractivity contribution is 0.0834. The Morgan fingerprint density at radius 2 is 2.00 bits per heavy atom. The molecule has 0 aromatic heterocycles. The number of rotatable bonds is 5. The van der Waals surface area contributed by atoms with Crippen molar-refractivity contribution in [3.8, 4) is 11.5 Å². The predicted octanol–water partition coefficient (Wildman–Crippen LogP) is 5.70. The molecule has 1 N–H and O–H groups in total. The van der Waals surface area contributed by atoms with Crippen molar-refractivity contribution in [3.63, 3.8) is 0 Å². The minimum absolute atomic E-state index is 0.0438. The standard InChI is InChI=1S/C23H34O3/c1-6-7-8-9-15-12-20-17(22(25)21(15)14(2)24)13-16-18(23(3,4)5)10-11-19(16)26-20/h12,16,18-19,25H,6-11,13H2,1-5H3/t16?,18-,19-/m1/s1. The fraction of sp³-hybridized carbons (Fsp3) is 0.696. The molecular formula is C23H34O3.